The maximum absolute atomic E-state index is 5.80. The SMILES string of the molecule is CCC1(CC)CN(C2(C)CCOC2C)CCN1. The summed E-state index contributed by atoms with van der Waals surface area (Å²) < 4.78 is 5.80. The Labute approximate surface area is 106 Å². The van der Waals surface area contributed by atoms with Crippen LogP contribution in [0.3, 0.4) is 0 Å². The Balaban J connectivity index is 2.11. The Morgan fingerprint density at radius 2 is 2.06 bits per heavy atom. The van der Waals surface area contributed by atoms with E-state index in [1.54, 1.807) is 0 Å². The molecule has 0 spiro atoms. The molecule has 100 valence electrons. The van der Waals surface area contributed by atoms with Crippen LogP contribution in [0.25, 0.3) is 0 Å². The molecular weight excluding hydrogens is 212 g/mol. The summed E-state index contributed by atoms with van der Waals surface area (Å²) in [5, 5.41) is 3.73. The summed E-state index contributed by atoms with van der Waals surface area (Å²) in [6, 6.07) is 0. The Morgan fingerprint density at radius 1 is 1.35 bits per heavy atom. The number of nitrogens with one attached hydrogen (secondary N) is 1. The normalized spacial score (nSPS) is 38.5. The molecule has 2 atom stereocenters. The summed E-state index contributed by atoms with van der Waals surface area (Å²) in [6.45, 7) is 13.6. The molecule has 2 rings (SSSR count). The minimum Gasteiger partial charge on any atom is -0.377 e. The second-order valence-electron chi connectivity index (χ2n) is 5.96. The summed E-state index contributed by atoms with van der Waals surface area (Å²) in [7, 11) is 0. The third-order valence-corrected chi connectivity index (χ3v) is 5.30. The van der Waals surface area contributed by atoms with Crippen molar-refractivity contribution in [1.82, 2.24) is 10.2 Å². The van der Waals surface area contributed by atoms with Crippen molar-refractivity contribution in [3.05, 3.63) is 0 Å². The number of piperazine rings is 1. The van der Waals surface area contributed by atoms with Gasteiger partial charge >= 0.3 is 0 Å². The van der Waals surface area contributed by atoms with E-state index in [0.29, 0.717) is 11.6 Å². The van der Waals surface area contributed by atoms with Crippen LogP contribution in [0.15, 0.2) is 0 Å². The molecule has 0 radical (unpaired) electrons. The minimum atomic E-state index is 0.248. The number of rotatable bonds is 3. The molecule has 3 nitrogen and oxygen atoms in total. The van der Waals surface area contributed by atoms with Crippen LogP contribution in [-0.4, -0.2) is 48.3 Å². The van der Waals surface area contributed by atoms with Crippen LogP contribution in [0, 0.1) is 0 Å². The molecule has 3 heteroatoms. The number of nitrogens with zero attached hydrogens (tertiary/aromatic N) is 1. The largest absolute Gasteiger partial charge is 0.377 e. The van der Waals surface area contributed by atoms with Gasteiger partial charge in [0.15, 0.2) is 0 Å². The van der Waals surface area contributed by atoms with Crippen molar-refractivity contribution in [2.45, 2.75) is 64.1 Å². The van der Waals surface area contributed by atoms with Gasteiger partial charge in [-0.2, -0.15) is 0 Å². The van der Waals surface area contributed by atoms with Gasteiger partial charge < -0.3 is 10.1 Å². The van der Waals surface area contributed by atoms with E-state index >= 15 is 0 Å². The fourth-order valence-electron chi connectivity index (χ4n) is 3.36. The van der Waals surface area contributed by atoms with Crippen LogP contribution < -0.4 is 5.32 Å². The standard InChI is InChI=1S/C14H28N2O/c1-5-14(6-2)11-16(9-8-15-14)13(4)7-10-17-12(13)3/h12,15H,5-11H2,1-4H3. The van der Waals surface area contributed by atoms with Gasteiger partial charge in [0.1, 0.15) is 0 Å². The van der Waals surface area contributed by atoms with Crippen molar-refractivity contribution in [2.24, 2.45) is 0 Å². The maximum atomic E-state index is 5.80. The fourth-order valence-corrected chi connectivity index (χ4v) is 3.36. The molecule has 0 aliphatic carbocycles. The summed E-state index contributed by atoms with van der Waals surface area (Å²) in [6.07, 6.45) is 3.97. The van der Waals surface area contributed by atoms with Crippen LogP contribution in [0.4, 0.5) is 0 Å². The van der Waals surface area contributed by atoms with Crippen molar-refractivity contribution < 1.29 is 4.74 Å². The van der Waals surface area contributed by atoms with E-state index in [-0.39, 0.29) is 5.54 Å². The highest BCUT2D eigenvalue weighted by Crippen LogP contribution is 2.34. The summed E-state index contributed by atoms with van der Waals surface area (Å²) in [5.74, 6) is 0. The molecule has 2 aliphatic rings. The van der Waals surface area contributed by atoms with E-state index in [1.165, 1.54) is 25.8 Å². The van der Waals surface area contributed by atoms with E-state index < -0.39 is 0 Å². The molecular formula is C14H28N2O. The van der Waals surface area contributed by atoms with Gasteiger partial charge in [0, 0.05) is 37.3 Å². The molecule has 1 N–H and O–H groups in total. The highest BCUT2D eigenvalue weighted by atomic mass is 16.5. The van der Waals surface area contributed by atoms with Gasteiger partial charge in [-0.15, -0.1) is 0 Å². The zero-order valence-corrected chi connectivity index (χ0v) is 11.9. The summed E-state index contributed by atoms with van der Waals surface area (Å²) in [5.41, 5.74) is 0.571. The Morgan fingerprint density at radius 3 is 2.59 bits per heavy atom. The Kier molecular flexibility index (Phi) is 3.81. The summed E-state index contributed by atoms with van der Waals surface area (Å²) >= 11 is 0. The molecule has 0 aromatic carbocycles. The lowest BCUT2D eigenvalue weighted by Crippen LogP contribution is -2.66. The van der Waals surface area contributed by atoms with Crippen LogP contribution in [0.2, 0.25) is 0 Å². The molecule has 0 aromatic heterocycles. The maximum Gasteiger partial charge on any atom is 0.0728 e. The molecule has 0 amide bonds. The zero-order valence-electron chi connectivity index (χ0n) is 11.9. The van der Waals surface area contributed by atoms with Crippen molar-refractivity contribution in [3.8, 4) is 0 Å². The molecule has 0 saturated carbocycles. The van der Waals surface area contributed by atoms with Gasteiger partial charge in [-0.3, -0.25) is 4.90 Å². The van der Waals surface area contributed by atoms with Gasteiger partial charge in [-0.05, 0) is 33.1 Å². The molecule has 2 saturated heterocycles. The Hall–Kier alpha value is -0.120. The third kappa shape index (κ3) is 2.25. The second-order valence-corrected chi connectivity index (χ2v) is 5.96. The van der Waals surface area contributed by atoms with Crippen LogP contribution in [-0.2, 0) is 4.74 Å². The number of hydrogen-bond donors (Lipinski definition) is 1. The van der Waals surface area contributed by atoms with Crippen LogP contribution >= 0.6 is 0 Å². The molecule has 2 unspecified atom stereocenters. The quantitative estimate of drug-likeness (QED) is 0.817. The first kappa shape index (κ1) is 13.3. The van der Waals surface area contributed by atoms with Crippen LogP contribution in [0.1, 0.15) is 47.0 Å². The van der Waals surface area contributed by atoms with Gasteiger partial charge in [0.25, 0.3) is 0 Å². The highest BCUT2D eigenvalue weighted by molar-refractivity contribution is 5.02. The van der Waals surface area contributed by atoms with Gasteiger partial charge in [-0.25, -0.2) is 0 Å². The monoisotopic (exact) mass is 240 g/mol. The predicted molar refractivity (Wildman–Crippen MR) is 71.3 cm³/mol. The van der Waals surface area contributed by atoms with E-state index in [1.807, 2.05) is 0 Å². The average molecular weight is 240 g/mol. The lowest BCUT2D eigenvalue weighted by molar-refractivity contribution is -0.0134. The zero-order chi connectivity index (χ0) is 12.5. The molecule has 0 aromatic rings. The van der Waals surface area contributed by atoms with Gasteiger partial charge in [0.2, 0.25) is 0 Å². The van der Waals surface area contributed by atoms with Crippen molar-refractivity contribution in [1.29, 1.82) is 0 Å². The van der Waals surface area contributed by atoms with E-state index in [0.717, 1.165) is 19.7 Å². The lowest BCUT2D eigenvalue weighted by Gasteiger charge is -2.50. The van der Waals surface area contributed by atoms with Gasteiger partial charge in [-0.1, -0.05) is 13.8 Å². The Bertz CT molecular complexity index is 265. The smallest absolute Gasteiger partial charge is 0.0728 e. The summed E-state index contributed by atoms with van der Waals surface area (Å²) in [4.78, 5) is 2.67. The van der Waals surface area contributed by atoms with Crippen molar-refractivity contribution in [3.63, 3.8) is 0 Å². The van der Waals surface area contributed by atoms with Crippen LogP contribution in [0.5, 0.6) is 0 Å². The molecule has 0 bridgehead atoms. The highest BCUT2D eigenvalue weighted by Gasteiger charge is 2.46. The fraction of sp³-hybridized carbons (Fsp3) is 1.00. The third-order valence-electron chi connectivity index (χ3n) is 5.30. The number of hydrogen-bond acceptors (Lipinski definition) is 3. The predicted octanol–water partition coefficient (Wildman–Crippen LogP) is 2.02. The first-order valence-electron chi connectivity index (χ1n) is 7.18. The van der Waals surface area contributed by atoms with E-state index in [2.05, 4.69) is 37.9 Å². The lowest BCUT2D eigenvalue weighted by atomic mass is 9.85. The van der Waals surface area contributed by atoms with Crippen molar-refractivity contribution in [2.75, 3.05) is 26.2 Å². The van der Waals surface area contributed by atoms with E-state index in [9.17, 15) is 0 Å². The van der Waals surface area contributed by atoms with Crippen molar-refractivity contribution >= 4 is 0 Å². The molecule has 17 heavy (non-hydrogen) atoms. The topological polar surface area (TPSA) is 24.5 Å². The first-order chi connectivity index (χ1) is 8.06. The molecule has 2 aliphatic heterocycles. The molecule has 2 fully saturated rings. The number of ether oxygens (including phenoxy) is 1. The van der Waals surface area contributed by atoms with Gasteiger partial charge in [0.05, 0.1) is 6.10 Å². The van der Waals surface area contributed by atoms with E-state index in [4.69, 9.17) is 4.74 Å². The second kappa shape index (κ2) is 4.87. The minimum absolute atomic E-state index is 0.248. The average Bonchev–Trinajstić information content (AvgIpc) is 2.71. The molecule has 2 heterocycles. The first-order valence-corrected chi connectivity index (χ1v) is 7.18.